The van der Waals surface area contributed by atoms with Crippen LogP contribution in [0, 0.1) is 0 Å². The van der Waals surface area contributed by atoms with Crippen molar-refractivity contribution in [1.82, 2.24) is 4.90 Å². The van der Waals surface area contributed by atoms with Gasteiger partial charge in [0.1, 0.15) is 6.54 Å². The summed E-state index contributed by atoms with van der Waals surface area (Å²) in [5.74, 6) is -1.38. The van der Waals surface area contributed by atoms with Crippen LogP contribution in [-0.2, 0) is 25.5 Å². The molecule has 1 aliphatic heterocycles. The molecule has 1 aliphatic rings. The van der Waals surface area contributed by atoms with Gasteiger partial charge in [-0.1, -0.05) is 24.3 Å². The predicted octanol–water partition coefficient (Wildman–Crippen LogP) is 0.860. The van der Waals surface area contributed by atoms with Crippen LogP contribution in [0.25, 0.3) is 0 Å². The molecular formula is C15H19NO5. The highest BCUT2D eigenvalue weighted by Gasteiger charge is 2.31. The summed E-state index contributed by atoms with van der Waals surface area (Å²) in [6.07, 6.45) is 0.0305. The first kappa shape index (κ1) is 15.5. The highest BCUT2D eigenvalue weighted by atomic mass is 16.5. The minimum absolute atomic E-state index is 0.226. The molecule has 0 saturated carbocycles. The van der Waals surface area contributed by atoms with Crippen molar-refractivity contribution < 1.29 is 24.2 Å². The van der Waals surface area contributed by atoms with Gasteiger partial charge in [0, 0.05) is 13.7 Å². The summed E-state index contributed by atoms with van der Waals surface area (Å²) >= 11 is 0. The molecule has 1 amide bonds. The van der Waals surface area contributed by atoms with Crippen LogP contribution < -0.4 is 0 Å². The molecular weight excluding hydrogens is 274 g/mol. The molecule has 0 spiro atoms. The van der Waals surface area contributed by atoms with Gasteiger partial charge >= 0.3 is 5.97 Å². The quantitative estimate of drug-likeness (QED) is 0.842. The van der Waals surface area contributed by atoms with Crippen LogP contribution in [0.15, 0.2) is 24.3 Å². The second-order valence-electron chi connectivity index (χ2n) is 4.85. The van der Waals surface area contributed by atoms with Crippen molar-refractivity contribution in [3.8, 4) is 0 Å². The van der Waals surface area contributed by atoms with Gasteiger partial charge in [-0.3, -0.25) is 9.59 Å². The average molecular weight is 293 g/mol. The number of fused-ring (bicyclic) bond motifs is 1. The van der Waals surface area contributed by atoms with E-state index in [0.29, 0.717) is 6.61 Å². The standard InChI is InChI=1S/C15H19NO5/c1-20-9-7-16(10-13(17)18)15(19)14-12-5-3-2-4-11(12)6-8-21-14/h2-5,14H,6-10H2,1H3,(H,17,18)/t14-/m0/s1. The third-order valence-electron chi connectivity index (χ3n) is 3.42. The molecule has 0 aromatic heterocycles. The summed E-state index contributed by atoms with van der Waals surface area (Å²) in [6.45, 7) is 0.611. The SMILES string of the molecule is COCCN(CC(=O)O)C(=O)[C@H]1OCCc2ccccc21. The Labute approximate surface area is 123 Å². The fourth-order valence-electron chi connectivity index (χ4n) is 2.40. The van der Waals surface area contributed by atoms with Gasteiger partial charge in [-0.2, -0.15) is 0 Å². The second-order valence-corrected chi connectivity index (χ2v) is 4.85. The van der Waals surface area contributed by atoms with E-state index in [1.165, 1.54) is 12.0 Å². The van der Waals surface area contributed by atoms with Gasteiger partial charge in [0.2, 0.25) is 0 Å². The lowest BCUT2D eigenvalue weighted by Gasteiger charge is -2.30. The van der Waals surface area contributed by atoms with Gasteiger partial charge in [-0.15, -0.1) is 0 Å². The minimum atomic E-state index is -1.05. The number of aliphatic carboxylic acids is 1. The molecule has 0 aliphatic carbocycles. The number of methoxy groups -OCH3 is 1. The van der Waals surface area contributed by atoms with Crippen molar-refractivity contribution in [2.75, 3.05) is 33.4 Å². The molecule has 21 heavy (non-hydrogen) atoms. The maximum atomic E-state index is 12.6. The molecule has 0 bridgehead atoms. The molecule has 1 heterocycles. The lowest BCUT2D eigenvalue weighted by atomic mass is 9.97. The average Bonchev–Trinajstić information content (AvgIpc) is 2.50. The summed E-state index contributed by atoms with van der Waals surface area (Å²) in [7, 11) is 1.51. The van der Waals surface area contributed by atoms with E-state index in [-0.39, 0.29) is 25.6 Å². The number of carbonyl (C=O) groups excluding carboxylic acids is 1. The van der Waals surface area contributed by atoms with Gasteiger partial charge in [0.05, 0.1) is 13.2 Å². The van der Waals surface area contributed by atoms with Crippen LogP contribution in [0.4, 0.5) is 0 Å². The fourth-order valence-corrected chi connectivity index (χ4v) is 2.40. The maximum absolute atomic E-state index is 12.6. The first-order valence-electron chi connectivity index (χ1n) is 6.82. The number of ether oxygens (including phenoxy) is 2. The second kappa shape index (κ2) is 7.19. The predicted molar refractivity (Wildman–Crippen MR) is 74.9 cm³/mol. The zero-order valence-electron chi connectivity index (χ0n) is 11.9. The number of amides is 1. The Morgan fingerprint density at radius 3 is 2.90 bits per heavy atom. The minimum Gasteiger partial charge on any atom is -0.480 e. The Balaban J connectivity index is 2.18. The molecule has 0 saturated heterocycles. The first-order valence-corrected chi connectivity index (χ1v) is 6.82. The van der Waals surface area contributed by atoms with Crippen LogP contribution in [0.5, 0.6) is 0 Å². The van der Waals surface area contributed by atoms with E-state index in [0.717, 1.165) is 17.5 Å². The fraction of sp³-hybridized carbons (Fsp3) is 0.467. The lowest BCUT2D eigenvalue weighted by molar-refractivity contribution is -0.152. The summed E-state index contributed by atoms with van der Waals surface area (Å²) in [5.41, 5.74) is 1.89. The lowest BCUT2D eigenvalue weighted by Crippen LogP contribution is -2.42. The Bertz CT molecular complexity index is 517. The van der Waals surface area contributed by atoms with E-state index in [2.05, 4.69) is 0 Å². The molecule has 6 heteroatoms. The first-order chi connectivity index (χ1) is 10.1. The number of carboxylic acids is 1. The van der Waals surface area contributed by atoms with Crippen molar-refractivity contribution in [3.63, 3.8) is 0 Å². The molecule has 6 nitrogen and oxygen atoms in total. The maximum Gasteiger partial charge on any atom is 0.323 e. The Morgan fingerprint density at radius 2 is 2.19 bits per heavy atom. The van der Waals surface area contributed by atoms with Gasteiger partial charge in [0.25, 0.3) is 5.91 Å². The van der Waals surface area contributed by atoms with Crippen LogP contribution in [0.3, 0.4) is 0 Å². The van der Waals surface area contributed by atoms with Crippen molar-refractivity contribution in [2.24, 2.45) is 0 Å². The molecule has 1 N–H and O–H groups in total. The van der Waals surface area contributed by atoms with Crippen LogP contribution in [-0.4, -0.2) is 55.3 Å². The third kappa shape index (κ3) is 3.80. The number of rotatable bonds is 6. The number of carbonyl (C=O) groups is 2. The highest BCUT2D eigenvalue weighted by molar-refractivity contribution is 5.86. The van der Waals surface area contributed by atoms with Crippen molar-refractivity contribution in [1.29, 1.82) is 0 Å². The van der Waals surface area contributed by atoms with Crippen LogP contribution in [0.2, 0.25) is 0 Å². The number of carboxylic acid groups (broad SMARTS) is 1. The van der Waals surface area contributed by atoms with E-state index < -0.39 is 12.1 Å². The molecule has 0 fully saturated rings. The van der Waals surface area contributed by atoms with Gasteiger partial charge in [-0.25, -0.2) is 0 Å². The van der Waals surface area contributed by atoms with Crippen LogP contribution in [0.1, 0.15) is 17.2 Å². The van der Waals surface area contributed by atoms with Gasteiger partial charge in [-0.05, 0) is 17.5 Å². The van der Waals surface area contributed by atoms with E-state index in [1.54, 1.807) is 0 Å². The molecule has 114 valence electrons. The summed E-state index contributed by atoms with van der Waals surface area (Å²) in [4.78, 5) is 24.8. The molecule has 0 radical (unpaired) electrons. The number of benzene rings is 1. The molecule has 2 rings (SSSR count). The summed E-state index contributed by atoms with van der Waals surface area (Å²) in [5, 5.41) is 8.95. The monoisotopic (exact) mass is 293 g/mol. The molecule has 1 aromatic rings. The number of hydrogen-bond donors (Lipinski definition) is 1. The zero-order valence-corrected chi connectivity index (χ0v) is 11.9. The Hall–Kier alpha value is -1.92. The van der Waals surface area contributed by atoms with E-state index >= 15 is 0 Å². The smallest absolute Gasteiger partial charge is 0.323 e. The topological polar surface area (TPSA) is 76.1 Å². The third-order valence-corrected chi connectivity index (χ3v) is 3.42. The van der Waals surface area contributed by atoms with Crippen molar-refractivity contribution >= 4 is 11.9 Å². The number of nitrogens with zero attached hydrogens (tertiary/aromatic N) is 1. The van der Waals surface area contributed by atoms with E-state index in [4.69, 9.17) is 14.6 Å². The van der Waals surface area contributed by atoms with Crippen molar-refractivity contribution in [2.45, 2.75) is 12.5 Å². The van der Waals surface area contributed by atoms with E-state index in [1.807, 2.05) is 24.3 Å². The highest BCUT2D eigenvalue weighted by Crippen LogP contribution is 2.28. The molecule has 0 unspecified atom stereocenters. The largest absolute Gasteiger partial charge is 0.480 e. The number of hydrogen-bond acceptors (Lipinski definition) is 4. The van der Waals surface area contributed by atoms with Gasteiger partial charge < -0.3 is 19.5 Å². The van der Waals surface area contributed by atoms with Crippen LogP contribution >= 0.6 is 0 Å². The summed E-state index contributed by atoms with van der Waals surface area (Å²) in [6, 6.07) is 7.59. The normalized spacial score (nSPS) is 17.1. The molecule has 1 atom stereocenters. The molecule has 1 aromatic carbocycles. The Kier molecular flexibility index (Phi) is 5.30. The van der Waals surface area contributed by atoms with Gasteiger partial charge in [0.15, 0.2) is 6.10 Å². The van der Waals surface area contributed by atoms with E-state index in [9.17, 15) is 9.59 Å². The Morgan fingerprint density at radius 1 is 1.43 bits per heavy atom. The van der Waals surface area contributed by atoms with Crippen molar-refractivity contribution in [3.05, 3.63) is 35.4 Å². The summed E-state index contributed by atoms with van der Waals surface area (Å²) < 4.78 is 10.5. The zero-order chi connectivity index (χ0) is 15.2.